The minimum Gasteiger partial charge on any atom is -0.488 e. The molecule has 12 nitrogen and oxygen atoms in total. The van der Waals surface area contributed by atoms with E-state index >= 15 is 4.39 Å². The maximum absolute atomic E-state index is 15.3. The van der Waals surface area contributed by atoms with Crippen LogP contribution in [0.1, 0.15) is 20.8 Å². The van der Waals surface area contributed by atoms with Gasteiger partial charge in [-0.3, -0.25) is 0 Å². The molecule has 5 aromatic rings. The normalized spacial score (nSPS) is 16.4. The average molecular weight is 585 g/mol. The van der Waals surface area contributed by atoms with Crippen LogP contribution in [0, 0.1) is 5.82 Å². The second kappa shape index (κ2) is 10.3. The van der Waals surface area contributed by atoms with Crippen LogP contribution in [0.3, 0.4) is 0 Å². The number of carbonyl (C=O) groups excluding carboxylic acids is 1. The Morgan fingerprint density at radius 2 is 1.91 bits per heavy atom. The first kappa shape index (κ1) is 26.7. The van der Waals surface area contributed by atoms with E-state index in [0.29, 0.717) is 65.9 Å². The van der Waals surface area contributed by atoms with Crippen molar-refractivity contribution in [3.8, 4) is 17.2 Å². The van der Waals surface area contributed by atoms with E-state index < -0.39 is 11.4 Å². The van der Waals surface area contributed by atoms with Gasteiger partial charge in [-0.25, -0.2) is 28.7 Å². The summed E-state index contributed by atoms with van der Waals surface area (Å²) in [7, 11) is 0. The van der Waals surface area contributed by atoms with E-state index in [1.807, 2.05) is 32.9 Å². The van der Waals surface area contributed by atoms with Crippen molar-refractivity contribution in [3.63, 3.8) is 0 Å². The number of nitrogens with one attached hydrogen (secondary N) is 1. The Morgan fingerprint density at radius 1 is 1.05 bits per heavy atom. The third kappa shape index (κ3) is 5.17. The van der Waals surface area contributed by atoms with E-state index in [0.717, 1.165) is 5.69 Å². The van der Waals surface area contributed by atoms with Gasteiger partial charge in [0, 0.05) is 38.0 Å². The Labute approximate surface area is 246 Å². The minimum atomic E-state index is -0.563. The number of hydrogen-bond acceptors (Lipinski definition) is 10. The van der Waals surface area contributed by atoms with Crippen LogP contribution >= 0.6 is 0 Å². The van der Waals surface area contributed by atoms with Crippen LogP contribution in [0.4, 0.5) is 26.4 Å². The summed E-state index contributed by atoms with van der Waals surface area (Å²) in [6, 6.07) is 11.8. The molecular weight excluding hydrogens is 555 g/mol. The number of benzene rings is 2. The molecule has 0 bridgehead atoms. The van der Waals surface area contributed by atoms with Gasteiger partial charge in [-0.1, -0.05) is 0 Å². The lowest BCUT2D eigenvalue weighted by atomic mass is 10.1. The number of hydrogen-bond donors (Lipinski definition) is 1. The summed E-state index contributed by atoms with van der Waals surface area (Å²) in [5.74, 6) is 1.36. The first-order valence-corrected chi connectivity index (χ1v) is 13.9. The molecule has 43 heavy (non-hydrogen) atoms. The van der Waals surface area contributed by atoms with Gasteiger partial charge in [-0.15, -0.1) is 0 Å². The van der Waals surface area contributed by atoms with E-state index in [1.165, 1.54) is 18.7 Å². The topological polar surface area (TPSA) is 119 Å². The lowest BCUT2D eigenvalue weighted by Gasteiger charge is -2.45. The van der Waals surface area contributed by atoms with Crippen LogP contribution in [-0.4, -0.2) is 73.4 Å². The summed E-state index contributed by atoms with van der Waals surface area (Å²) in [4.78, 5) is 29.6. The highest BCUT2D eigenvalue weighted by atomic mass is 19.1. The fourth-order valence-corrected chi connectivity index (χ4v) is 5.35. The molecule has 1 fully saturated rings. The first-order chi connectivity index (χ1) is 20.7. The number of carbonyl (C=O) groups is 1. The second-order valence-corrected chi connectivity index (χ2v) is 11.4. The molecule has 5 heterocycles. The maximum atomic E-state index is 15.3. The summed E-state index contributed by atoms with van der Waals surface area (Å²) in [5.41, 5.74) is 1.81. The number of amides is 1. The van der Waals surface area contributed by atoms with Crippen LogP contribution in [0.25, 0.3) is 16.6 Å². The Balaban J connectivity index is 1.13. The summed E-state index contributed by atoms with van der Waals surface area (Å²) >= 11 is 0. The van der Waals surface area contributed by atoms with Crippen molar-refractivity contribution in [2.45, 2.75) is 32.4 Å². The molecule has 0 unspecified atom stereocenters. The van der Waals surface area contributed by atoms with Gasteiger partial charge in [-0.2, -0.15) is 5.10 Å². The average Bonchev–Trinajstić information content (AvgIpc) is 3.45. The Bertz CT molecular complexity index is 1860. The van der Waals surface area contributed by atoms with Gasteiger partial charge in [0.2, 0.25) is 0 Å². The molecule has 0 radical (unpaired) electrons. The molecule has 1 N–H and O–H groups in total. The standard InChI is InChI=1S/C30H29FN8O4/c1-30(2,3)43-29(40)37-10-11-38-18(14-37)15-41-27-24(38)7-6-23-26(27)28(34-16-32-23)36-22-5-4-19(12-21(22)31)42-20-8-9-39-25(13-20)33-17-35-39/h4-9,12-13,16-18H,10-11,14-15H2,1-3H3,(H,32,34,36)/t18-/m1/s1. The molecule has 2 aliphatic rings. The molecule has 13 heteroatoms. The predicted molar refractivity (Wildman–Crippen MR) is 157 cm³/mol. The number of piperazine rings is 1. The number of halogens is 1. The number of anilines is 3. The molecule has 2 aromatic carbocycles. The Kier molecular flexibility index (Phi) is 6.37. The number of aromatic nitrogens is 5. The van der Waals surface area contributed by atoms with Crippen LogP contribution in [0.15, 0.2) is 61.3 Å². The lowest BCUT2D eigenvalue weighted by molar-refractivity contribution is 0.0195. The van der Waals surface area contributed by atoms with Gasteiger partial charge in [0.05, 0.1) is 28.3 Å². The summed E-state index contributed by atoms with van der Waals surface area (Å²) in [6.45, 7) is 7.55. The highest BCUT2D eigenvalue weighted by Gasteiger charge is 2.37. The molecule has 220 valence electrons. The molecule has 2 aliphatic heterocycles. The van der Waals surface area contributed by atoms with Gasteiger partial charge < -0.3 is 29.3 Å². The fraction of sp³-hybridized carbons (Fsp3) is 0.300. The molecule has 1 amide bonds. The molecule has 7 rings (SSSR count). The van der Waals surface area contributed by atoms with Crippen molar-refractivity contribution in [1.82, 2.24) is 29.5 Å². The minimum absolute atomic E-state index is 0.0392. The van der Waals surface area contributed by atoms with Gasteiger partial charge in [-0.05, 0) is 51.1 Å². The van der Waals surface area contributed by atoms with Gasteiger partial charge >= 0.3 is 6.09 Å². The molecule has 0 saturated carbocycles. The van der Waals surface area contributed by atoms with Crippen molar-refractivity contribution >= 4 is 39.8 Å². The third-order valence-electron chi connectivity index (χ3n) is 7.28. The van der Waals surface area contributed by atoms with E-state index in [-0.39, 0.29) is 17.8 Å². The van der Waals surface area contributed by atoms with E-state index in [9.17, 15) is 4.79 Å². The summed E-state index contributed by atoms with van der Waals surface area (Å²) in [6.07, 6.45) is 4.27. The van der Waals surface area contributed by atoms with Crippen LogP contribution in [-0.2, 0) is 4.74 Å². The predicted octanol–water partition coefficient (Wildman–Crippen LogP) is 5.17. The second-order valence-electron chi connectivity index (χ2n) is 11.4. The third-order valence-corrected chi connectivity index (χ3v) is 7.28. The fourth-order valence-electron chi connectivity index (χ4n) is 5.35. The van der Waals surface area contributed by atoms with E-state index in [2.05, 4.69) is 30.3 Å². The lowest BCUT2D eigenvalue weighted by Crippen LogP contribution is -2.59. The summed E-state index contributed by atoms with van der Waals surface area (Å²) in [5, 5.41) is 7.83. The maximum Gasteiger partial charge on any atom is 0.410 e. The molecule has 1 saturated heterocycles. The van der Waals surface area contributed by atoms with E-state index in [4.69, 9.17) is 14.2 Å². The highest BCUT2D eigenvalue weighted by molar-refractivity contribution is 6.00. The molecule has 0 aliphatic carbocycles. The van der Waals surface area contributed by atoms with Crippen molar-refractivity contribution in [3.05, 3.63) is 67.1 Å². The van der Waals surface area contributed by atoms with Gasteiger partial charge in [0.15, 0.2) is 11.4 Å². The Morgan fingerprint density at radius 3 is 2.74 bits per heavy atom. The zero-order chi connectivity index (χ0) is 29.7. The largest absolute Gasteiger partial charge is 0.488 e. The quantitative estimate of drug-likeness (QED) is 0.303. The number of nitrogens with zero attached hydrogens (tertiary/aromatic N) is 7. The van der Waals surface area contributed by atoms with Crippen LogP contribution in [0.2, 0.25) is 0 Å². The van der Waals surface area contributed by atoms with Crippen molar-refractivity contribution in [1.29, 1.82) is 0 Å². The molecule has 1 atom stereocenters. The monoisotopic (exact) mass is 584 g/mol. The molecule has 0 spiro atoms. The van der Waals surface area contributed by atoms with Gasteiger partial charge in [0.25, 0.3) is 0 Å². The smallest absolute Gasteiger partial charge is 0.410 e. The first-order valence-electron chi connectivity index (χ1n) is 13.9. The number of rotatable bonds is 4. The zero-order valence-corrected chi connectivity index (χ0v) is 23.8. The van der Waals surface area contributed by atoms with Crippen LogP contribution in [0.5, 0.6) is 17.2 Å². The van der Waals surface area contributed by atoms with Crippen molar-refractivity contribution in [2.24, 2.45) is 0 Å². The van der Waals surface area contributed by atoms with Crippen molar-refractivity contribution in [2.75, 3.05) is 36.5 Å². The van der Waals surface area contributed by atoms with Gasteiger partial charge in [0.1, 0.15) is 48.0 Å². The zero-order valence-electron chi connectivity index (χ0n) is 23.8. The van der Waals surface area contributed by atoms with E-state index in [1.54, 1.807) is 39.9 Å². The highest BCUT2D eigenvalue weighted by Crippen LogP contribution is 2.43. The van der Waals surface area contributed by atoms with Crippen molar-refractivity contribution < 1.29 is 23.4 Å². The SMILES string of the molecule is CC(C)(C)OC(=O)N1CCN2c3ccc4ncnc(Nc5ccc(Oc6ccn7ncnc7c6)cc5F)c4c3OC[C@H]2C1. The number of ether oxygens (including phenoxy) is 3. The summed E-state index contributed by atoms with van der Waals surface area (Å²) < 4.78 is 34.6. The van der Waals surface area contributed by atoms with Crippen LogP contribution < -0.4 is 19.7 Å². The molecular formula is C30H29FN8O4. The number of pyridine rings is 1. The Hall–Kier alpha value is -5.20. The number of fused-ring (bicyclic) bond motifs is 6. The molecule has 3 aromatic heterocycles.